The van der Waals surface area contributed by atoms with Crippen LogP contribution in [0.2, 0.25) is 0 Å². The predicted molar refractivity (Wildman–Crippen MR) is 55.4 cm³/mol. The Kier molecular flexibility index (Phi) is 5.18. The van der Waals surface area contributed by atoms with Crippen molar-refractivity contribution < 1.29 is 25.2 Å². The van der Waals surface area contributed by atoms with Crippen LogP contribution in [-0.4, -0.2) is 41.6 Å². The first-order chi connectivity index (χ1) is 6.49. The Labute approximate surface area is 90.8 Å². The summed E-state index contributed by atoms with van der Waals surface area (Å²) in [6.45, 7) is 3.06. The molecule has 8 heteroatoms. The van der Waals surface area contributed by atoms with Crippen LogP contribution in [0.1, 0.15) is 20.3 Å². The zero-order valence-corrected chi connectivity index (χ0v) is 10.8. The van der Waals surface area contributed by atoms with Crippen molar-refractivity contribution in [3.05, 3.63) is 0 Å². The minimum Gasteiger partial charge on any atom is -0.267 e. The second-order valence-electron chi connectivity index (χ2n) is 3.46. The Balaban J connectivity index is 4.14. The minimum absolute atomic E-state index is 0.181. The molecule has 0 amide bonds. The quantitative estimate of drug-likeness (QED) is 0.630. The summed E-state index contributed by atoms with van der Waals surface area (Å²) in [6.07, 6.45) is 0.825. The van der Waals surface area contributed by atoms with Crippen molar-refractivity contribution in [2.75, 3.05) is 12.5 Å². The van der Waals surface area contributed by atoms with Gasteiger partial charge in [-0.3, -0.25) is 8.37 Å². The molecule has 0 aromatic heterocycles. The number of hydrogen-bond donors (Lipinski definition) is 0. The Hall–Kier alpha value is -0.180. The van der Waals surface area contributed by atoms with Crippen molar-refractivity contribution in [2.24, 2.45) is 0 Å². The summed E-state index contributed by atoms with van der Waals surface area (Å²) >= 11 is 0. The van der Waals surface area contributed by atoms with Crippen LogP contribution in [-0.2, 0) is 28.6 Å². The van der Waals surface area contributed by atoms with Gasteiger partial charge in [0.15, 0.2) is 0 Å². The third-order valence-electron chi connectivity index (χ3n) is 1.34. The van der Waals surface area contributed by atoms with E-state index in [0.29, 0.717) is 0 Å². The lowest BCUT2D eigenvalue weighted by Crippen LogP contribution is -2.22. The Morgan fingerprint density at radius 2 is 1.13 bits per heavy atom. The molecule has 0 rings (SSSR count). The van der Waals surface area contributed by atoms with Crippen molar-refractivity contribution in [3.63, 3.8) is 0 Å². The lowest BCUT2D eigenvalue weighted by molar-refractivity contribution is 0.141. The first-order valence-corrected chi connectivity index (χ1v) is 7.89. The molecule has 6 nitrogen and oxygen atoms in total. The fourth-order valence-electron chi connectivity index (χ4n) is 1.14. The summed E-state index contributed by atoms with van der Waals surface area (Å²) in [5.74, 6) is 0. The van der Waals surface area contributed by atoms with E-state index in [1.54, 1.807) is 0 Å². The number of rotatable bonds is 6. The van der Waals surface area contributed by atoms with E-state index in [1.807, 2.05) is 0 Å². The lowest BCUT2D eigenvalue weighted by Gasteiger charge is -2.15. The van der Waals surface area contributed by atoms with Crippen molar-refractivity contribution in [1.29, 1.82) is 0 Å². The van der Waals surface area contributed by atoms with E-state index in [-0.39, 0.29) is 6.42 Å². The molecule has 0 saturated carbocycles. The monoisotopic (exact) mass is 260 g/mol. The average Bonchev–Trinajstić information content (AvgIpc) is 1.73. The highest BCUT2D eigenvalue weighted by atomic mass is 32.2. The third-order valence-corrected chi connectivity index (χ3v) is 2.70. The van der Waals surface area contributed by atoms with Gasteiger partial charge in [0.2, 0.25) is 0 Å². The molecule has 0 saturated heterocycles. The normalized spacial score (nSPS) is 17.3. The van der Waals surface area contributed by atoms with E-state index in [2.05, 4.69) is 8.37 Å². The second-order valence-corrected chi connectivity index (χ2v) is 6.66. The molecule has 0 fully saturated rings. The SMILES string of the molecule is C[C@H](C[C@H](C)OS(C)(=O)=O)OS(C)(=O)=O. The predicted octanol–water partition coefficient (Wildman–Crippen LogP) is 0.106. The molecule has 0 N–H and O–H groups in total. The van der Waals surface area contributed by atoms with Crippen LogP contribution >= 0.6 is 0 Å². The Morgan fingerprint density at radius 3 is 1.33 bits per heavy atom. The van der Waals surface area contributed by atoms with Gasteiger partial charge in [-0.25, -0.2) is 0 Å². The maximum absolute atomic E-state index is 10.7. The van der Waals surface area contributed by atoms with Crippen LogP contribution in [0.3, 0.4) is 0 Å². The summed E-state index contributed by atoms with van der Waals surface area (Å²) in [5.41, 5.74) is 0. The van der Waals surface area contributed by atoms with Crippen LogP contribution in [0.4, 0.5) is 0 Å². The molecule has 0 unspecified atom stereocenters. The zero-order valence-electron chi connectivity index (χ0n) is 9.13. The molecule has 92 valence electrons. The standard InChI is InChI=1S/C7H16O6S2/c1-6(12-14(3,8)9)5-7(2)13-15(4,10)11/h6-7H,5H2,1-4H3/t6-,7+. The molecule has 0 heterocycles. The van der Waals surface area contributed by atoms with Gasteiger partial charge in [-0.1, -0.05) is 0 Å². The summed E-state index contributed by atoms with van der Waals surface area (Å²) in [4.78, 5) is 0. The molecular weight excluding hydrogens is 244 g/mol. The fourth-order valence-corrected chi connectivity index (χ4v) is 2.49. The molecule has 0 radical (unpaired) electrons. The van der Waals surface area contributed by atoms with Gasteiger partial charge >= 0.3 is 0 Å². The zero-order chi connectivity index (χ0) is 12.3. The highest BCUT2D eigenvalue weighted by Crippen LogP contribution is 2.09. The summed E-state index contributed by atoms with van der Waals surface area (Å²) in [5, 5.41) is 0. The largest absolute Gasteiger partial charge is 0.267 e. The number of hydrogen-bond acceptors (Lipinski definition) is 6. The lowest BCUT2D eigenvalue weighted by atomic mass is 10.2. The minimum atomic E-state index is -3.52. The molecule has 0 aromatic carbocycles. The van der Waals surface area contributed by atoms with E-state index >= 15 is 0 Å². The van der Waals surface area contributed by atoms with Crippen LogP contribution in [0.5, 0.6) is 0 Å². The van der Waals surface area contributed by atoms with E-state index in [9.17, 15) is 16.8 Å². The van der Waals surface area contributed by atoms with Gasteiger partial charge < -0.3 is 0 Å². The van der Waals surface area contributed by atoms with E-state index in [1.165, 1.54) is 13.8 Å². The van der Waals surface area contributed by atoms with E-state index in [0.717, 1.165) is 12.5 Å². The fraction of sp³-hybridized carbons (Fsp3) is 1.00. The van der Waals surface area contributed by atoms with Crippen LogP contribution in [0.25, 0.3) is 0 Å². The molecule has 2 atom stereocenters. The molecule has 0 aliphatic heterocycles. The molecule has 0 bridgehead atoms. The maximum atomic E-state index is 10.7. The van der Waals surface area contributed by atoms with Gasteiger partial charge in [-0.15, -0.1) is 0 Å². The van der Waals surface area contributed by atoms with E-state index in [4.69, 9.17) is 0 Å². The highest BCUT2D eigenvalue weighted by molar-refractivity contribution is 7.86. The van der Waals surface area contributed by atoms with Crippen molar-refractivity contribution in [1.82, 2.24) is 0 Å². The molecule has 0 aromatic rings. The Bertz CT molecular complexity index is 344. The smallest absolute Gasteiger partial charge is 0.264 e. The average molecular weight is 260 g/mol. The molecule has 0 spiro atoms. The van der Waals surface area contributed by atoms with Gasteiger partial charge in [0.25, 0.3) is 20.2 Å². The molecular formula is C7H16O6S2. The summed E-state index contributed by atoms with van der Waals surface area (Å²) < 4.78 is 52.1. The van der Waals surface area contributed by atoms with Gasteiger partial charge in [-0.2, -0.15) is 16.8 Å². The van der Waals surface area contributed by atoms with Crippen molar-refractivity contribution >= 4 is 20.2 Å². The van der Waals surface area contributed by atoms with Crippen LogP contribution in [0.15, 0.2) is 0 Å². The van der Waals surface area contributed by atoms with Gasteiger partial charge in [0, 0.05) is 6.42 Å². The van der Waals surface area contributed by atoms with Crippen molar-refractivity contribution in [3.8, 4) is 0 Å². The third kappa shape index (κ3) is 10.1. The highest BCUT2D eigenvalue weighted by Gasteiger charge is 2.17. The Morgan fingerprint density at radius 1 is 0.867 bits per heavy atom. The van der Waals surface area contributed by atoms with Crippen molar-refractivity contribution in [2.45, 2.75) is 32.5 Å². The molecule has 0 aliphatic carbocycles. The first-order valence-electron chi connectivity index (χ1n) is 4.26. The topological polar surface area (TPSA) is 86.7 Å². The van der Waals surface area contributed by atoms with Gasteiger partial charge in [0.1, 0.15) is 0 Å². The first kappa shape index (κ1) is 14.8. The maximum Gasteiger partial charge on any atom is 0.264 e. The second kappa shape index (κ2) is 5.24. The summed E-state index contributed by atoms with van der Waals surface area (Å²) in [6, 6.07) is 0. The van der Waals surface area contributed by atoms with Gasteiger partial charge in [-0.05, 0) is 13.8 Å². The summed E-state index contributed by atoms with van der Waals surface area (Å²) in [7, 11) is -7.04. The van der Waals surface area contributed by atoms with E-state index < -0.39 is 32.4 Å². The van der Waals surface area contributed by atoms with Crippen LogP contribution < -0.4 is 0 Å². The van der Waals surface area contributed by atoms with Gasteiger partial charge in [0.05, 0.1) is 24.7 Å². The molecule has 15 heavy (non-hydrogen) atoms. The van der Waals surface area contributed by atoms with Crippen LogP contribution in [0, 0.1) is 0 Å². The molecule has 0 aliphatic rings.